The van der Waals surface area contributed by atoms with Gasteiger partial charge >= 0.3 is 13.6 Å². The molecule has 0 aliphatic carbocycles. The van der Waals surface area contributed by atoms with Crippen molar-refractivity contribution in [3.05, 3.63) is 47.0 Å². The second kappa shape index (κ2) is 7.16. The van der Waals surface area contributed by atoms with Crippen molar-refractivity contribution < 1.29 is 28.3 Å². The maximum absolute atomic E-state index is 13.3. The number of carbonyl (C=O) groups excluding carboxylic acids is 1. The number of halogens is 1. The number of esters is 1. The molecule has 126 valence electrons. The molecule has 0 amide bonds. The van der Waals surface area contributed by atoms with E-state index in [4.69, 9.17) is 25.4 Å². The van der Waals surface area contributed by atoms with Crippen molar-refractivity contribution in [2.24, 2.45) is 0 Å². The van der Waals surface area contributed by atoms with Crippen molar-refractivity contribution in [1.29, 1.82) is 0 Å². The van der Waals surface area contributed by atoms with Crippen LogP contribution in [-0.2, 0) is 28.5 Å². The summed E-state index contributed by atoms with van der Waals surface area (Å²) in [7, 11) is -4.07. The van der Waals surface area contributed by atoms with Crippen LogP contribution in [0.15, 0.2) is 36.4 Å². The molecular formula is C15H18ClO6P. The van der Waals surface area contributed by atoms with Gasteiger partial charge in [0.1, 0.15) is 0 Å². The molecule has 0 fully saturated rings. The number of cyclic esters (lactones) is 1. The minimum Gasteiger partial charge on any atom is -0.451 e. The Morgan fingerprint density at radius 2 is 1.83 bits per heavy atom. The fourth-order valence-corrected chi connectivity index (χ4v) is 4.52. The van der Waals surface area contributed by atoms with Crippen LogP contribution >= 0.6 is 19.2 Å². The van der Waals surface area contributed by atoms with Crippen LogP contribution in [0.4, 0.5) is 0 Å². The Balaban J connectivity index is 2.58. The second-order valence-corrected chi connectivity index (χ2v) is 7.41. The quantitative estimate of drug-likeness (QED) is 0.594. The monoisotopic (exact) mass is 360 g/mol. The molecule has 0 saturated carbocycles. The van der Waals surface area contributed by atoms with Crippen molar-refractivity contribution >= 4 is 25.2 Å². The van der Waals surface area contributed by atoms with Crippen LogP contribution in [0.2, 0.25) is 5.02 Å². The summed E-state index contributed by atoms with van der Waals surface area (Å²) >= 11 is 5.87. The van der Waals surface area contributed by atoms with Crippen LogP contribution in [0.5, 0.6) is 0 Å². The summed E-state index contributed by atoms with van der Waals surface area (Å²) in [6.07, 6.45) is 1.30. The number of aliphatic hydroxyl groups is 1. The Kier molecular flexibility index (Phi) is 5.65. The van der Waals surface area contributed by atoms with E-state index >= 15 is 0 Å². The summed E-state index contributed by atoms with van der Waals surface area (Å²) in [5.74, 6) is -0.637. The molecule has 0 radical (unpaired) electrons. The van der Waals surface area contributed by atoms with Crippen LogP contribution in [0.3, 0.4) is 0 Å². The molecule has 1 aromatic rings. The summed E-state index contributed by atoms with van der Waals surface area (Å²) in [5, 5.41) is 9.56. The Hall–Kier alpha value is -1.17. The molecule has 23 heavy (non-hydrogen) atoms. The molecule has 0 spiro atoms. The number of rotatable bonds is 7. The smallest absolute Gasteiger partial charge is 0.370 e. The largest absolute Gasteiger partial charge is 0.451 e. The third-order valence-electron chi connectivity index (χ3n) is 3.33. The van der Waals surface area contributed by atoms with E-state index in [1.807, 2.05) is 0 Å². The van der Waals surface area contributed by atoms with Crippen LogP contribution in [-0.4, -0.2) is 30.4 Å². The van der Waals surface area contributed by atoms with E-state index in [2.05, 4.69) is 0 Å². The maximum atomic E-state index is 13.3. The zero-order valence-electron chi connectivity index (χ0n) is 12.8. The molecule has 6 nitrogen and oxygen atoms in total. The Morgan fingerprint density at radius 1 is 1.26 bits per heavy atom. The standard InChI is InChI=1S/C15H18ClO6P/c1-3-20-23(19,21-4-2)15(18,13-9-10-14(17)22-13)11-5-7-12(16)8-6-11/h5-10,13,18H,3-4H2,1-2H3/t13?,15-/m1/s1. The van der Waals surface area contributed by atoms with Crippen LogP contribution in [0.25, 0.3) is 0 Å². The Morgan fingerprint density at radius 3 is 2.26 bits per heavy atom. The molecule has 0 bridgehead atoms. The molecule has 1 aliphatic rings. The molecule has 1 N–H and O–H groups in total. The van der Waals surface area contributed by atoms with Gasteiger partial charge in [-0.1, -0.05) is 23.7 Å². The summed E-state index contributed by atoms with van der Waals surface area (Å²) in [6.45, 7) is 3.37. The van der Waals surface area contributed by atoms with E-state index in [-0.39, 0.29) is 18.8 Å². The van der Waals surface area contributed by atoms with Crippen molar-refractivity contribution in [3.63, 3.8) is 0 Å². The summed E-state index contributed by atoms with van der Waals surface area (Å²) in [6, 6.07) is 6.05. The Labute approximate surface area is 139 Å². The zero-order valence-corrected chi connectivity index (χ0v) is 14.4. The van der Waals surface area contributed by atoms with Gasteiger partial charge in [-0.05, 0) is 32.1 Å². The van der Waals surface area contributed by atoms with Gasteiger partial charge in [-0.15, -0.1) is 0 Å². The highest BCUT2D eigenvalue weighted by molar-refractivity contribution is 7.55. The lowest BCUT2D eigenvalue weighted by Gasteiger charge is -2.37. The highest BCUT2D eigenvalue weighted by Gasteiger charge is 2.58. The molecular weight excluding hydrogens is 343 g/mol. The fraction of sp³-hybridized carbons (Fsp3) is 0.400. The van der Waals surface area contributed by atoms with Gasteiger partial charge in [0.05, 0.1) is 13.2 Å². The molecule has 1 aromatic carbocycles. The average molecular weight is 361 g/mol. The zero-order chi connectivity index (χ0) is 17.1. The van der Waals surface area contributed by atoms with E-state index in [9.17, 15) is 14.5 Å². The molecule has 8 heteroatoms. The third kappa shape index (κ3) is 3.37. The van der Waals surface area contributed by atoms with Crippen LogP contribution in [0.1, 0.15) is 19.4 Å². The van der Waals surface area contributed by atoms with E-state index in [0.717, 1.165) is 6.08 Å². The van der Waals surface area contributed by atoms with Crippen molar-refractivity contribution in [2.75, 3.05) is 13.2 Å². The topological polar surface area (TPSA) is 82.1 Å². The van der Waals surface area contributed by atoms with Crippen LogP contribution < -0.4 is 0 Å². The first-order valence-electron chi connectivity index (χ1n) is 7.13. The van der Waals surface area contributed by atoms with Crippen molar-refractivity contribution in [3.8, 4) is 0 Å². The first-order chi connectivity index (χ1) is 10.9. The van der Waals surface area contributed by atoms with E-state index in [0.29, 0.717) is 5.02 Å². The second-order valence-electron chi connectivity index (χ2n) is 4.78. The molecule has 0 aromatic heterocycles. The van der Waals surface area contributed by atoms with Crippen LogP contribution in [0, 0.1) is 0 Å². The average Bonchev–Trinajstić information content (AvgIpc) is 2.94. The number of benzene rings is 1. The summed E-state index contributed by atoms with van der Waals surface area (Å²) in [4.78, 5) is 11.4. The van der Waals surface area contributed by atoms with Gasteiger partial charge in [0, 0.05) is 16.7 Å². The Bertz CT molecular complexity index is 634. The summed E-state index contributed by atoms with van der Waals surface area (Å²) < 4.78 is 28.9. The van der Waals surface area contributed by atoms with Gasteiger partial charge in [0.2, 0.25) is 5.34 Å². The molecule has 0 saturated heterocycles. The van der Waals surface area contributed by atoms with E-state index < -0.39 is 25.0 Å². The first-order valence-corrected chi connectivity index (χ1v) is 9.06. The van der Waals surface area contributed by atoms with Crippen molar-refractivity contribution in [1.82, 2.24) is 0 Å². The normalized spacial score (nSPS) is 20.3. The molecule has 1 heterocycles. The number of carbonyl (C=O) groups is 1. The van der Waals surface area contributed by atoms with Gasteiger partial charge in [-0.2, -0.15) is 0 Å². The number of hydrogen-bond donors (Lipinski definition) is 1. The van der Waals surface area contributed by atoms with Gasteiger partial charge < -0.3 is 18.9 Å². The molecule has 1 unspecified atom stereocenters. The van der Waals surface area contributed by atoms with Gasteiger partial charge in [0.15, 0.2) is 6.10 Å². The lowest BCUT2D eigenvalue weighted by atomic mass is 10.0. The fourth-order valence-electron chi connectivity index (χ4n) is 2.33. The lowest BCUT2D eigenvalue weighted by Crippen LogP contribution is -2.40. The third-order valence-corrected chi connectivity index (χ3v) is 6.13. The molecule has 2 atom stereocenters. The molecule has 2 rings (SSSR count). The van der Waals surface area contributed by atoms with E-state index in [1.165, 1.54) is 30.3 Å². The molecule has 1 aliphatic heterocycles. The predicted molar refractivity (Wildman–Crippen MR) is 85.2 cm³/mol. The number of ether oxygens (including phenoxy) is 1. The highest BCUT2D eigenvalue weighted by atomic mass is 35.5. The van der Waals surface area contributed by atoms with Gasteiger partial charge in [-0.3, -0.25) is 4.57 Å². The summed E-state index contributed by atoms with van der Waals surface area (Å²) in [5.41, 5.74) is 0.219. The van der Waals surface area contributed by atoms with Gasteiger partial charge in [-0.25, -0.2) is 4.79 Å². The lowest BCUT2D eigenvalue weighted by molar-refractivity contribution is -0.146. The van der Waals surface area contributed by atoms with Gasteiger partial charge in [0.25, 0.3) is 0 Å². The SMILES string of the molecule is CCOP(=O)(OCC)[C@](O)(c1ccc(Cl)cc1)C1C=CC(=O)O1. The first kappa shape index (κ1) is 18.2. The van der Waals surface area contributed by atoms with Crippen molar-refractivity contribution in [2.45, 2.75) is 25.3 Å². The predicted octanol–water partition coefficient (Wildman–Crippen LogP) is 3.23. The number of hydrogen-bond acceptors (Lipinski definition) is 6. The minimum absolute atomic E-state index is 0.0531. The maximum Gasteiger partial charge on any atom is 0.370 e. The highest BCUT2D eigenvalue weighted by Crippen LogP contribution is 2.66. The minimum atomic E-state index is -4.07. The van der Waals surface area contributed by atoms with E-state index in [1.54, 1.807) is 13.8 Å².